The number of hydrogen-bond donors (Lipinski definition) is 1. The largest absolute Gasteiger partial charge is 0.389 e. The van der Waals surface area contributed by atoms with Gasteiger partial charge in [-0.2, -0.15) is 0 Å². The van der Waals surface area contributed by atoms with E-state index >= 15 is 0 Å². The fourth-order valence-corrected chi connectivity index (χ4v) is 3.44. The van der Waals surface area contributed by atoms with Crippen LogP contribution in [-0.2, 0) is 16.1 Å². The molecular formula is C14H18N2O4S. The molecule has 114 valence electrons. The maximum absolute atomic E-state index is 12.1. The van der Waals surface area contributed by atoms with Gasteiger partial charge in [0.05, 0.1) is 25.9 Å². The predicted octanol–water partition coefficient (Wildman–Crippen LogP) is 1.05. The van der Waals surface area contributed by atoms with E-state index in [2.05, 4.69) is 0 Å². The number of β-amino-alcohol motifs (C(OH)–C–C–N with tert-alkyl or cyclic N) is 1. The predicted molar refractivity (Wildman–Crippen MR) is 76.8 cm³/mol. The molecule has 0 spiro atoms. The molecule has 0 aromatic carbocycles. The lowest BCUT2D eigenvalue weighted by atomic mass is 10.2. The molecule has 3 rings (SSSR count). The molecular weight excluding hydrogens is 292 g/mol. The SMILES string of the molecule is O=C1[C@@H]2CCCN2C(=O)N1C[C@@H](O)COCc1cccs1. The average Bonchev–Trinajstić information content (AvgIpc) is 3.17. The lowest BCUT2D eigenvalue weighted by molar-refractivity contribution is -0.129. The minimum absolute atomic E-state index is 0.00903. The van der Waals surface area contributed by atoms with Gasteiger partial charge in [-0.05, 0) is 24.3 Å². The Hall–Kier alpha value is -1.44. The normalized spacial score (nSPS) is 23.0. The monoisotopic (exact) mass is 310 g/mol. The zero-order valence-corrected chi connectivity index (χ0v) is 12.4. The van der Waals surface area contributed by atoms with Gasteiger partial charge in [-0.15, -0.1) is 11.3 Å². The quantitative estimate of drug-likeness (QED) is 0.798. The number of aliphatic hydroxyl groups is 1. The van der Waals surface area contributed by atoms with Crippen molar-refractivity contribution in [1.29, 1.82) is 0 Å². The third-order valence-electron chi connectivity index (χ3n) is 3.81. The number of hydrogen-bond acceptors (Lipinski definition) is 5. The molecule has 6 nitrogen and oxygen atoms in total. The zero-order valence-electron chi connectivity index (χ0n) is 11.6. The summed E-state index contributed by atoms with van der Waals surface area (Å²) in [6.07, 6.45) is 0.756. The maximum atomic E-state index is 12.1. The molecule has 2 saturated heterocycles. The molecule has 0 unspecified atom stereocenters. The fraction of sp³-hybridized carbons (Fsp3) is 0.571. The van der Waals surface area contributed by atoms with Gasteiger partial charge in [0, 0.05) is 11.4 Å². The maximum Gasteiger partial charge on any atom is 0.327 e. The molecule has 0 radical (unpaired) electrons. The number of amides is 3. The average molecular weight is 310 g/mol. The minimum Gasteiger partial charge on any atom is -0.389 e. The van der Waals surface area contributed by atoms with Gasteiger partial charge in [0.25, 0.3) is 5.91 Å². The van der Waals surface area contributed by atoms with Crippen LogP contribution in [0.4, 0.5) is 4.79 Å². The summed E-state index contributed by atoms with van der Waals surface area (Å²) in [6, 6.07) is 3.31. The Morgan fingerprint density at radius 1 is 1.48 bits per heavy atom. The number of urea groups is 1. The summed E-state index contributed by atoms with van der Waals surface area (Å²) < 4.78 is 5.41. The molecule has 7 heteroatoms. The number of aliphatic hydroxyl groups excluding tert-OH is 1. The third kappa shape index (κ3) is 2.95. The Balaban J connectivity index is 1.47. The fourth-order valence-electron chi connectivity index (χ4n) is 2.80. The highest BCUT2D eigenvalue weighted by Crippen LogP contribution is 2.27. The van der Waals surface area contributed by atoms with E-state index in [-0.39, 0.29) is 31.1 Å². The van der Waals surface area contributed by atoms with Crippen molar-refractivity contribution in [2.24, 2.45) is 0 Å². The number of rotatable bonds is 6. The van der Waals surface area contributed by atoms with Crippen molar-refractivity contribution in [2.75, 3.05) is 19.7 Å². The van der Waals surface area contributed by atoms with E-state index in [0.717, 1.165) is 22.6 Å². The second kappa shape index (κ2) is 6.13. The Kier molecular flexibility index (Phi) is 4.23. The Labute approximate surface area is 126 Å². The molecule has 3 heterocycles. The van der Waals surface area contributed by atoms with Gasteiger partial charge < -0.3 is 14.7 Å². The Bertz CT molecular complexity index is 497. The van der Waals surface area contributed by atoms with E-state index in [1.54, 1.807) is 16.2 Å². The van der Waals surface area contributed by atoms with Crippen LogP contribution >= 0.6 is 11.3 Å². The van der Waals surface area contributed by atoms with Crippen LogP contribution in [0.25, 0.3) is 0 Å². The number of ether oxygens (including phenoxy) is 1. The van der Waals surface area contributed by atoms with Crippen LogP contribution in [0.3, 0.4) is 0 Å². The molecule has 2 aliphatic heterocycles. The van der Waals surface area contributed by atoms with Crippen LogP contribution in [0.5, 0.6) is 0 Å². The van der Waals surface area contributed by atoms with Crippen molar-refractivity contribution < 1.29 is 19.4 Å². The van der Waals surface area contributed by atoms with Gasteiger partial charge in [-0.25, -0.2) is 4.79 Å². The van der Waals surface area contributed by atoms with Crippen LogP contribution in [0.1, 0.15) is 17.7 Å². The van der Waals surface area contributed by atoms with Crippen molar-refractivity contribution in [2.45, 2.75) is 31.6 Å². The number of thiophene rings is 1. The van der Waals surface area contributed by atoms with E-state index in [4.69, 9.17) is 4.74 Å². The summed E-state index contributed by atoms with van der Waals surface area (Å²) in [4.78, 5) is 28.0. The van der Waals surface area contributed by atoms with Crippen molar-refractivity contribution >= 4 is 23.3 Å². The molecule has 0 saturated carbocycles. The standard InChI is InChI=1S/C14H18N2O4S/c17-10(8-20-9-11-3-2-6-21-11)7-16-13(18)12-4-1-5-15(12)14(16)19/h2-3,6,10,12,17H,1,4-5,7-9H2/t10-,12+/m1/s1. The Morgan fingerprint density at radius 3 is 3.05 bits per heavy atom. The zero-order chi connectivity index (χ0) is 14.8. The first-order valence-corrected chi connectivity index (χ1v) is 7.95. The van der Waals surface area contributed by atoms with E-state index in [1.165, 1.54) is 0 Å². The van der Waals surface area contributed by atoms with Gasteiger partial charge in [0.15, 0.2) is 0 Å². The van der Waals surface area contributed by atoms with Gasteiger partial charge in [-0.1, -0.05) is 6.07 Å². The van der Waals surface area contributed by atoms with E-state index < -0.39 is 6.10 Å². The van der Waals surface area contributed by atoms with E-state index in [1.807, 2.05) is 17.5 Å². The second-order valence-electron chi connectivity index (χ2n) is 5.33. The van der Waals surface area contributed by atoms with Gasteiger partial charge in [0.1, 0.15) is 6.04 Å². The van der Waals surface area contributed by atoms with E-state index in [9.17, 15) is 14.7 Å². The van der Waals surface area contributed by atoms with Crippen LogP contribution in [0.15, 0.2) is 17.5 Å². The molecule has 21 heavy (non-hydrogen) atoms. The lowest BCUT2D eigenvalue weighted by Gasteiger charge is -2.19. The molecule has 3 amide bonds. The highest BCUT2D eigenvalue weighted by Gasteiger charge is 2.47. The lowest BCUT2D eigenvalue weighted by Crippen LogP contribution is -2.40. The summed E-state index contributed by atoms with van der Waals surface area (Å²) in [6.45, 7) is 1.19. The summed E-state index contributed by atoms with van der Waals surface area (Å²) in [5.41, 5.74) is 0. The first-order valence-electron chi connectivity index (χ1n) is 7.07. The molecule has 1 aromatic rings. The van der Waals surface area contributed by atoms with Crippen molar-refractivity contribution in [3.63, 3.8) is 0 Å². The first-order chi connectivity index (χ1) is 10.2. The summed E-state index contributed by atoms with van der Waals surface area (Å²) in [5, 5.41) is 11.9. The summed E-state index contributed by atoms with van der Waals surface area (Å²) in [7, 11) is 0. The van der Waals surface area contributed by atoms with E-state index in [0.29, 0.717) is 13.2 Å². The number of carbonyl (C=O) groups is 2. The van der Waals surface area contributed by atoms with Crippen LogP contribution in [0, 0.1) is 0 Å². The molecule has 2 atom stereocenters. The first kappa shape index (κ1) is 14.5. The molecule has 2 aliphatic rings. The van der Waals surface area contributed by atoms with Crippen LogP contribution in [0.2, 0.25) is 0 Å². The summed E-state index contributed by atoms with van der Waals surface area (Å²) in [5.74, 6) is -0.185. The second-order valence-corrected chi connectivity index (χ2v) is 6.36. The molecule has 0 bridgehead atoms. The highest BCUT2D eigenvalue weighted by atomic mass is 32.1. The summed E-state index contributed by atoms with van der Waals surface area (Å²) >= 11 is 1.59. The van der Waals surface area contributed by atoms with Crippen molar-refractivity contribution in [3.8, 4) is 0 Å². The van der Waals surface area contributed by atoms with Gasteiger partial charge in [0.2, 0.25) is 0 Å². The number of imide groups is 1. The molecule has 1 N–H and O–H groups in total. The highest BCUT2D eigenvalue weighted by molar-refractivity contribution is 7.09. The smallest absolute Gasteiger partial charge is 0.327 e. The molecule has 0 aliphatic carbocycles. The van der Waals surface area contributed by atoms with Crippen molar-refractivity contribution in [3.05, 3.63) is 22.4 Å². The van der Waals surface area contributed by atoms with Crippen molar-refractivity contribution in [1.82, 2.24) is 9.80 Å². The number of fused-ring (bicyclic) bond motifs is 1. The number of nitrogens with zero attached hydrogens (tertiary/aromatic N) is 2. The number of carbonyl (C=O) groups excluding carboxylic acids is 2. The van der Waals surface area contributed by atoms with Gasteiger partial charge in [-0.3, -0.25) is 9.69 Å². The van der Waals surface area contributed by atoms with Gasteiger partial charge >= 0.3 is 6.03 Å². The molecule has 1 aromatic heterocycles. The van der Waals surface area contributed by atoms with Crippen LogP contribution < -0.4 is 0 Å². The minimum atomic E-state index is -0.849. The Morgan fingerprint density at radius 2 is 2.33 bits per heavy atom. The molecule has 2 fully saturated rings. The topological polar surface area (TPSA) is 70.1 Å². The third-order valence-corrected chi connectivity index (χ3v) is 4.66. The van der Waals surface area contributed by atoms with Crippen LogP contribution in [-0.4, -0.2) is 58.7 Å².